The van der Waals surface area contributed by atoms with E-state index in [1.807, 2.05) is 26.0 Å². The minimum Gasteiger partial charge on any atom is -0.493 e. The number of hydrogen-bond donors (Lipinski definition) is 0. The molecule has 12 aromatic rings. The topological polar surface area (TPSA) is 80.3 Å². The maximum absolute atomic E-state index is 15.8. The molecule has 0 N–H and O–H groups in total. The van der Waals surface area contributed by atoms with Gasteiger partial charge in [0.2, 0.25) is 0 Å². The summed E-state index contributed by atoms with van der Waals surface area (Å²) in [6, 6.07) is 95.3. The minimum atomic E-state index is -0.804. The predicted molar refractivity (Wildman–Crippen MR) is 418 cm³/mol. The van der Waals surface area contributed by atoms with Gasteiger partial charge in [-0.25, -0.2) is 8.78 Å². The fourth-order valence-electron chi connectivity index (χ4n) is 16.1. The molecule has 534 valence electrons. The highest BCUT2D eigenvalue weighted by atomic mass is 19.1. The number of rotatable bonds is 29. The summed E-state index contributed by atoms with van der Waals surface area (Å²) < 4.78 is 79.7. The molecule has 2 aliphatic heterocycles. The van der Waals surface area contributed by atoms with Gasteiger partial charge >= 0.3 is 0 Å². The first kappa shape index (κ1) is 69.5. The first-order chi connectivity index (χ1) is 52.1. The van der Waals surface area contributed by atoms with Crippen LogP contribution in [0, 0.1) is 22.5 Å². The first-order valence-electron chi connectivity index (χ1n) is 37.1. The van der Waals surface area contributed by atoms with Crippen LogP contribution in [-0.4, -0.2) is 79.3 Å². The third kappa shape index (κ3) is 12.9. The van der Waals surface area contributed by atoms with Gasteiger partial charge < -0.3 is 47.7 Å². The van der Waals surface area contributed by atoms with Crippen LogP contribution in [0.3, 0.4) is 0 Å². The zero-order valence-electron chi connectivity index (χ0n) is 60.4. The van der Waals surface area contributed by atoms with Crippen LogP contribution in [-0.2, 0) is 29.8 Å². The Labute approximate surface area is 620 Å². The third-order valence-electron chi connectivity index (χ3n) is 22.1. The van der Waals surface area contributed by atoms with Gasteiger partial charge in [-0.15, -0.1) is 0 Å². The Bertz CT molecular complexity index is 4730. The van der Waals surface area contributed by atoms with Gasteiger partial charge in [0.25, 0.3) is 0 Å². The second kappa shape index (κ2) is 29.9. The molecule has 2 unspecified atom stereocenters. The van der Waals surface area contributed by atoms with Crippen molar-refractivity contribution in [3.63, 3.8) is 0 Å². The van der Waals surface area contributed by atoms with Crippen molar-refractivity contribution in [2.24, 2.45) is 10.8 Å². The Morgan fingerprint density at radius 2 is 0.642 bits per heavy atom. The summed E-state index contributed by atoms with van der Waals surface area (Å²) in [5, 5.41) is 0. The molecule has 16 rings (SSSR count). The second-order valence-electron chi connectivity index (χ2n) is 28.2. The summed E-state index contributed by atoms with van der Waals surface area (Å²) in [6.07, 6.45) is 1.96. The van der Waals surface area contributed by atoms with E-state index in [4.69, 9.17) is 37.9 Å². The molecule has 2 atom stereocenters. The smallest absolute Gasteiger partial charge is 0.125 e. The molecule has 0 saturated carbocycles. The van der Waals surface area contributed by atoms with Crippen LogP contribution in [0.15, 0.2) is 279 Å². The van der Waals surface area contributed by atoms with Crippen molar-refractivity contribution in [1.29, 1.82) is 0 Å². The molecule has 12 heteroatoms. The number of hydrogen-bond acceptors (Lipinski definition) is 10. The largest absolute Gasteiger partial charge is 0.493 e. The van der Waals surface area contributed by atoms with Gasteiger partial charge in [0.1, 0.15) is 47.8 Å². The van der Waals surface area contributed by atoms with Crippen LogP contribution in [0.1, 0.15) is 85.0 Å². The van der Waals surface area contributed by atoms with Crippen molar-refractivity contribution in [3.05, 3.63) is 335 Å². The Morgan fingerprint density at radius 3 is 0.972 bits per heavy atom. The summed E-state index contributed by atoms with van der Waals surface area (Å²) in [7, 11) is 0. The second-order valence-corrected chi connectivity index (χ2v) is 28.2. The predicted octanol–water partition coefficient (Wildman–Crippen LogP) is 21.7. The van der Waals surface area contributed by atoms with E-state index >= 15 is 8.78 Å². The molecule has 0 bridgehead atoms. The van der Waals surface area contributed by atoms with Gasteiger partial charge in [-0.1, -0.05) is 159 Å². The van der Waals surface area contributed by atoms with Crippen molar-refractivity contribution in [2.45, 2.75) is 51.4 Å². The zero-order valence-corrected chi connectivity index (χ0v) is 60.4. The lowest BCUT2D eigenvalue weighted by Gasteiger charge is -2.40. The van der Waals surface area contributed by atoms with Gasteiger partial charge in [0, 0.05) is 47.3 Å². The summed E-state index contributed by atoms with van der Waals surface area (Å²) in [4.78, 5) is 4.27. The monoisotopic (exact) mass is 1410 g/mol. The summed E-state index contributed by atoms with van der Waals surface area (Å²) in [5.41, 5.74) is 18.3. The van der Waals surface area contributed by atoms with Gasteiger partial charge in [-0.05, 0) is 238 Å². The van der Waals surface area contributed by atoms with Crippen LogP contribution in [0.2, 0.25) is 0 Å². The van der Waals surface area contributed by atoms with Crippen LogP contribution in [0.4, 0.5) is 42.9 Å². The van der Waals surface area contributed by atoms with E-state index in [2.05, 4.69) is 254 Å². The normalized spacial score (nSPS) is 16.8. The highest BCUT2D eigenvalue weighted by Crippen LogP contribution is 2.60. The molecule has 12 aromatic carbocycles. The first-order valence-corrected chi connectivity index (χ1v) is 37.1. The number of fused-ring (bicyclic) bond motifs is 6. The molecule has 0 aromatic heterocycles. The van der Waals surface area contributed by atoms with Crippen molar-refractivity contribution in [1.82, 2.24) is 0 Å². The lowest BCUT2D eigenvalue weighted by atomic mass is 9.67. The lowest BCUT2D eigenvalue weighted by molar-refractivity contribution is -0.133. The molecule has 0 spiro atoms. The molecule has 2 heterocycles. The number of halogens is 2. The Balaban J connectivity index is 0.758. The van der Waals surface area contributed by atoms with Crippen LogP contribution in [0.5, 0.6) is 23.0 Å². The summed E-state index contributed by atoms with van der Waals surface area (Å²) >= 11 is 0. The van der Waals surface area contributed by atoms with Crippen LogP contribution in [0.25, 0.3) is 33.4 Å². The van der Waals surface area contributed by atoms with Crippen molar-refractivity contribution in [3.8, 4) is 56.4 Å². The van der Waals surface area contributed by atoms with E-state index in [0.717, 1.165) is 136 Å². The molecule has 2 fully saturated rings. The Morgan fingerprint density at radius 1 is 0.311 bits per heavy atom. The maximum Gasteiger partial charge on any atom is 0.125 e. The van der Waals surface area contributed by atoms with Gasteiger partial charge in [-0.2, -0.15) is 0 Å². The fraction of sp³-hybridized carbons (Fsp3) is 0.234. The number of benzene rings is 12. The lowest BCUT2D eigenvalue weighted by Crippen LogP contribution is -2.46. The molecule has 4 aliphatic rings. The van der Waals surface area contributed by atoms with Gasteiger partial charge in [0.15, 0.2) is 0 Å². The zero-order chi connectivity index (χ0) is 72.2. The SMILES string of the molecule is CCOCCOc1ccc(C2(c3ccc(OCC4(CC)COC4)cc3)c3ccccc3-c3ccc(N(c4ccc(-c5ccc(N(c6cccc(F)c6)c6ccc7c(c6)C(c6ccc(OCCOCC)cc6)(c6ccc(OCC8(CC)COC8)cc6)c6ccccc6-7)cc5)cc4)c4cccc(F)c4)cc32)cc1. The number of nitrogens with zero attached hydrogens (tertiary/aromatic N) is 2. The Kier molecular flexibility index (Phi) is 19.6. The molecular weight excluding hydrogens is 1320 g/mol. The molecule has 0 radical (unpaired) electrons. The molecule has 2 aliphatic carbocycles. The van der Waals surface area contributed by atoms with E-state index in [9.17, 15) is 0 Å². The van der Waals surface area contributed by atoms with E-state index in [0.29, 0.717) is 90.7 Å². The van der Waals surface area contributed by atoms with E-state index < -0.39 is 10.8 Å². The number of anilines is 6. The van der Waals surface area contributed by atoms with Crippen molar-refractivity contribution in [2.75, 3.05) is 89.1 Å². The van der Waals surface area contributed by atoms with E-state index in [-0.39, 0.29) is 22.5 Å². The van der Waals surface area contributed by atoms with E-state index in [1.54, 1.807) is 24.3 Å². The summed E-state index contributed by atoms with van der Waals surface area (Å²) in [6.45, 7) is 15.4. The molecule has 106 heavy (non-hydrogen) atoms. The molecular formula is C94H86F2N2O8. The molecule has 2 saturated heterocycles. The maximum atomic E-state index is 15.8. The highest BCUT2D eigenvalue weighted by Gasteiger charge is 2.49. The molecule has 0 amide bonds. The Hall–Kier alpha value is -10.9. The fourth-order valence-corrected chi connectivity index (χ4v) is 16.1. The van der Waals surface area contributed by atoms with Gasteiger partial charge in [-0.3, -0.25) is 0 Å². The minimum absolute atomic E-state index is 0.0187. The molecule has 10 nitrogen and oxygen atoms in total. The van der Waals surface area contributed by atoms with E-state index in [1.165, 1.54) is 12.1 Å². The summed E-state index contributed by atoms with van der Waals surface area (Å²) in [5.74, 6) is 2.41. The van der Waals surface area contributed by atoms with Crippen LogP contribution >= 0.6 is 0 Å². The average Bonchev–Trinajstić information content (AvgIpc) is 1.52. The third-order valence-corrected chi connectivity index (χ3v) is 22.1. The van der Waals surface area contributed by atoms with Crippen LogP contribution < -0.4 is 28.7 Å². The quantitative estimate of drug-likeness (QED) is 0.0423. The standard InChI is InChI=1S/C94H86F2N2O8/c1-5-91(59-101-60-91)63-105-81-45-31-69(32-46-81)93(67-27-41-79(42-28-67)103-53-51-99-7-3)87-21-11-9-19-83(87)85-49-39-77(57-89(85)93)97(75-17-13-15-71(95)55-75)73-35-23-65(24-36-73)66-25-37-74(38-26-66)98(76-18-14-16-72(96)56-76)78-40-50-86-84-20-10-12-22-88(84)94(90(86)58-78,68-29-43-80(44-30-68)104-54-52-100-8-4)70-33-47-82(48-34-70)106-64-92(6-2)61-102-62-92/h9-50,55-58H,5-8,51-54,59-64H2,1-4H3. The average molecular weight is 1410 g/mol. The number of ether oxygens (including phenoxy) is 8. The van der Waals surface area contributed by atoms with Crippen molar-refractivity contribution >= 4 is 34.1 Å². The van der Waals surface area contributed by atoms with Gasteiger partial charge in [0.05, 0.1) is 74.5 Å². The highest BCUT2D eigenvalue weighted by molar-refractivity contribution is 5.92. The van der Waals surface area contributed by atoms with Crippen molar-refractivity contribution < 1.29 is 46.7 Å².